The normalized spacial score (nSPS) is 20.4. The van der Waals surface area contributed by atoms with Gasteiger partial charge in [0.05, 0.1) is 24.1 Å². The lowest BCUT2D eigenvalue weighted by atomic mass is 10.0. The Bertz CT molecular complexity index is 357. The van der Waals surface area contributed by atoms with Gasteiger partial charge in [0.1, 0.15) is 5.82 Å². The van der Waals surface area contributed by atoms with Gasteiger partial charge in [-0.1, -0.05) is 6.42 Å². The zero-order valence-electron chi connectivity index (χ0n) is 9.36. The van der Waals surface area contributed by atoms with Gasteiger partial charge in [0.15, 0.2) is 0 Å². The molecule has 0 saturated carbocycles. The molecule has 1 saturated heterocycles. The van der Waals surface area contributed by atoms with Gasteiger partial charge in [0, 0.05) is 0 Å². The van der Waals surface area contributed by atoms with Gasteiger partial charge in [-0.3, -0.25) is 4.79 Å². The number of nitrogens with zero attached hydrogens (tertiary/aromatic N) is 2. The van der Waals surface area contributed by atoms with Crippen LogP contribution in [0.4, 0.5) is 5.69 Å². The standard InChI is InChI=1S/C11H16N4O/c1-8-13-6-9(7-14-8)15-11(16)10-4-2-3-5-12-10/h6-7,10,12H,2-5H2,1H3,(H,15,16). The summed E-state index contributed by atoms with van der Waals surface area (Å²) in [6, 6.07) is -0.0740. The van der Waals surface area contributed by atoms with Gasteiger partial charge < -0.3 is 10.6 Å². The van der Waals surface area contributed by atoms with E-state index < -0.39 is 0 Å². The molecule has 16 heavy (non-hydrogen) atoms. The number of aryl methyl sites for hydroxylation is 1. The summed E-state index contributed by atoms with van der Waals surface area (Å²) in [4.78, 5) is 19.9. The summed E-state index contributed by atoms with van der Waals surface area (Å²) in [5.41, 5.74) is 0.656. The quantitative estimate of drug-likeness (QED) is 0.776. The summed E-state index contributed by atoms with van der Waals surface area (Å²) in [6.07, 6.45) is 6.41. The van der Waals surface area contributed by atoms with Gasteiger partial charge >= 0.3 is 0 Å². The van der Waals surface area contributed by atoms with Gasteiger partial charge in [0.2, 0.25) is 5.91 Å². The summed E-state index contributed by atoms with van der Waals surface area (Å²) in [7, 11) is 0. The number of carbonyl (C=O) groups is 1. The fourth-order valence-electron chi connectivity index (χ4n) is 1.76. The molecule has 1 fully saturated rings. The molecular formula is C11H16N4O. The molecule has 0 aromatic carbocycles. The van der Waals surface area contributed by atoms with E-state index in [4.69, 9.17) is 0 Å². The maximum atomic E-state index is 11.8. The van der Waals surface area contributed by atoms with Crippen LogP contribution < -0.4 is 10.6 Å². The van der Waals surface area contributed by atoms with Crippen molar-refractivity contribution < 1.29 is 4.79 Å². The Balaban J connectivity index is 1.93. The first-order valence-corrected chi connectivity index (χ1v) is 5.58. The van der Waals surface area contributed by atoms with E-state index in [0.29, 0.717) is 11.5 Å². The van der Waals surface area contributed by atoms with E-state index in [1.54, 1.807) is 12.4 Å². The van der Waals surface area contributed by atoms with E-state index in [1.807, 2.05) is 6.92 Å². The molecule has 2 heterocycles. The van der Waals surface area contributed by atoms with Crippen molar-refractivity contribution in [1.82, 2.24) is 15.3 Å². The van der Waals surface area contributed by atoms with Crippen LogP contribution in [-0.4, -0.2) is 28.5 Å². The third-order valence-electron chi connectivity index (χ3n) is 2.68. The van der Waals surface area contributed by atoms with Crippen molar-refractivity contribution in [3.63, 3.8) is 0 Å². The molecular weight excluding hydrogens is 204 g/mol. The molecule has 2 N–H and O–H groups in total. The van der Waals surface area contributed by atoms with E-state index >= 15 is 0 Å². The predicted octanol–water partition coefficient (Wildman–Crippen LogP) is 0.866. The Labute approximate surface area is 94.7 Å². The van der Waals surface area contributed by atoms with E-state index in [0.717, 1.165) is 25.8 Å². The molecule has 5 heteroatoms. The molecule has 1 aliphatic heterocycles. The molecule has 1 aromatic heterocycles. The summed E-state index contributed by atoms with van der Waals surface area (Å²) >= 11 is 0. The van der Waals surface area contributed by atoms with Crippen LogP contribution in [0.25, 0.3) is 0 Å². The highest BCUT2D eigenvalue weighted by Crippen LogP contribution is 2.10. The summed E-state index contributed by atoms with van der Waals surface area (Å²) < 4.78 is 0. The summed E-state index contributed by atoms with van der Waals surface area (Å²) in [5.74, 6) is 0.709. The van der Waals surface area contributed by atoms with Crippen LogP contribution in [0, 0.1) is 6.92 Å². The second-order valence-electron chi connectivity index (χ2n) is 4.01. The van der Waals surface area contributed by atoms with E-state index in [-0.39, 0.29) is 11.9 Å². The number of anilines is 1. The monoisotopic (exact) mass is 220 g/mol. The van der Waals surface area contributed by atoms with Crippen LogP contribution in [0.5, 0.6) is 0 Å². The Morgan fingerprint density at radius 1 is 1.44 bits per heavy atom. The number of aromatic nitrogens is 2. The third kappa shape index (κ3) is 2.76. The predicted molar refractivity (Wildman–Crippen MR) is 61.0 cm³/mol. The average molecular weight is 220 g/mol. The van der Waals surface area contributed by atoms with Crippen LogP contribution in [-0.2, 0) is 4.79 Å². The molecule has 1 aromatic rings. The highest BCUT2D eigenvalue weighted by Gasteiger charge is 2.20. The van der Waals surface area contributed by atoms with Crippen molar-refractivity contribution in [2.45, 2.75) is 32.2 Å². The number of piperidine rings is 1. The van der Waals surface area contributed by atoms with Gasteiger partial charge in [-0.05, 0) is 26.3 Å². The highest BCUT2D eigenvalue weighted by atomic mass is 16.2. The molecule has 2 rings (SSSR count). The molecule has 0 radical (unpaired) electrons. The van der Waals surface area contributed by atoms with Crippen LogP contribution in [0.15, 0.2) is 12.4 Å². The van der Waals surface area contributed by atoms with Gasteiger partial charge in [-0.15, -0.1) is 0 Å². The fourth-order valence-corrected chi connectivity index (χ4v) is 1.76. The zero-order valence-corrected chi connectivity index (χ0v) is 9.36. The van der Waals surface area contributed by atoms with Crippen molar-refractivity contribution in [2.24, 2.45) is 0 Å². The summed E-state index contributed by atoms with van der Waals surface area (Å²) in [5, 5.41) is 6.01. The number of hydrogen-bond donors (Lipinski definition) is 2. The average Bonchev–Trinajstić information content (AvgIpc) is 2.33. The minimum absolute atomic E-state index is 0.00662. The van der Waals surface area contributed by atoms with Gasteiger partial charge in [0.25, 0.3) is 0 Å². The lowest BCUT2D eigenvalue weighted by molar-refractivity contribution is -0.118. The van der Waals surface area contributed by atoms with Crippen LogP contribution in [0.3, 0.4) is 0 Å². The number of carbonyl (C=O) groups excluding carboxylic acids is 1. The lowest BCUT2D eigenvalue weighted by Crippen LogP contribution is -2.43. The highest BCUT2D eigenvalue weighted by molar-refractivity contribution is 5.94. The summed E-state index contributed by atoms with van der Waals surface area (Å²) in [6.45, 7) is 2.73. The smallest absolute Gasteiger partial charge is 0.241 e. The van der Waals surface area contributed by atoms with Crippen LogP contribution in [0.2, 0.25) is 0 Å². The molecule has 0 bridgehead atoms. The fraction of sp³-hybridized carbons (Fsp3) is 0.545. The first-order chi connectivity index (χ1) is 7.75. The Morgan fingerprint density at radius 2 is 2.19 bits per heavy atom. The van der Waals surface area contributed by atoms with Crippen molar-refractivity contribution in [1.29, 1.82) is 0 Å². The largest absolute Gasteiger partial charge is 0.322 e. The SMILES string of the molecule is Cc1ncc(NC(=O)C2CCCCN2)cn1. The van der Waals surface area contributed by atoms with Crippen molar-refractivity contribution >= 4 is 11.6 Å². The first-order valence-electron chi connectivity index (χ1n) is 5.58. The maximum Gasteiger partial charge on any atom is 0.241 e. The molecule has 0 aliphatic carbocycles. The Morgan fingerprint density at radius 3 is 2.81 bits per heavy atom. The van der Waals surface area contributed by atoms with E-state index in [9.17, 15) is 4.79 Å². The lowest BCUT2D eigenvalue weighted by Gasteiger charge is -2.22. The van der Waals surface area contributed by atoms with E-state index in [1.165, 1.54) is 0 Å². The molecule has 1 amide bonds. The minimum atomic E-state index is -0.0740. The van der Waals surface area contributed by atoms with Crippen LogP contribution in [0.1, 0.15) is 25.1 Å². The molecule has 1 unspecified atom stereocenters. The topological polar surface area (TPSA) is 66.9 Å². The zero-order chi connectivity index (χ0) is 11.4. The van der Waals surface area contributed by atoms with E-state index in [2.05, 4.69) is 20.6 Å². The van der Waals surface area contributed by atoms with Crippen molar-refractivity contribution in [2.75, 3.05) is 11.9 Å². The third-order valence-corrected chi connectivity index (χ3v) is 2.68. The second-order valence-corrected chi connectivity index (χ2v) is 4.01. The van der Waals surface area contributed by atoms with Crippen LogP contribution >= 0.6 is 0 Å². The van der Waals surface area contributed by atoms with Crippen molar-refractivity contribution in [3.8, 4) is 0 Å². The Kier molecular flexibility index (Phi) is 3.46. The Hall–Kier alpha value is -1.49. The molecule has 86 valence electrons. The molecule has 0 spiro atoms. The number of amides is 1. The molecule has 1 aliphatic rings. The molecule has 1 atom stereocenters. The molecule has 5 nitrogen and oxygen atoms in total. The maximum absolute atomic E-state index is 11.8. The van der Waals surface area contributed by atoms with Crippen molar-refractivity contribution in [3.05, 3.63) is 18.2 Å². The van der Waals surface area contributed by atoms with Gasteiger partial charge in [-0.25, -0.2) is 9.97 Å². The second kappa shape index (κ2) is 5.03. The van der Waals surface area contributed by atoms with Gasteiger partial charge in [-0.2, -0.15) is 0 Å². The first kappa shape index (κ1) is 11.0. The number of nitrogens with one attached hydrogen (secondary N) is 2. The minimum Gasteiger partial charge on any atom is -0.322 e. The number of hydrogen-bond acceptors (Lipinski definition) is 4. The number of rotatable bonds is 2.